The zero-order valence-corrected chi connectivity index (χ0v) is 12.6. The maximum atomic E-state index is 14.5. The van der Waals surface area contributed by atoms with E-state index in [9.17, 15) is 14.3 Å². The van der Waals surface area contributed by atoms with Gasteiger partial charge in [0.25, 0.3) is 0 Å². The maximum absolute atomic E-state index is 14.5. The van der Waals surface area contributed by atoms with E-state index in [0.29, 0.717) is 6.42 Å². The summed E-state index contributed by atoms with van der Waals surface area (Å²) in [5.41, 5.74) is 0.0816. The highest BCUT2D eigenvalue weighted by atomic mass is 35.5. The third-order valence-corrected chi connectivity index (χ3v) is 3.49. The van der Waals surface area contributed by atoms with E-state index in [1.165, 1.54) is 18.3 Å². The molecule has 0 fully saturated rings. The lowest BCUT2D eigenvalue weighted by molar-refractivity contribution is -0.119. The van der Waals surface area contributed by atoms with Gasteiger partial charge in [0.2, 0.25) is 5.91 Å². The number of rotatable bonds is 5. The van der Waals surface area contributed by atoms with Crippen molar-refractivity contribution in [1.29, 1.82) is 0 Å². The molecule has 1 N–H and O–H groups in total. The van der Waals surface area contributed by atoms with Gasteiger partial charge >= 0.3 is 0 Å². The third kappa shape index (κ3) is 3.04. The molecule has 1 aromatic rings. The normalized spacial score (nSPS) is 22.1. The van der Waals surface area contributed by atoms with E-state index in [1.807, 2.05) is 0 Å². The quantitative estimate of drug-likeness (QED) is 0.657. The number of aromatic nitrogens is 1. The van der Waals surface area contributed by atoms with Gasteiger partial charge in [0.15, 0.2) is 11.0 Å². The Labute approximate surface area is 134 Å². The Balaban J connectivity index is 2.67. The lowest BCUT2D eigenvalue weighted by atomic mass is 10.0. The molecule has 22 heavy (non-hydrogen) atoms. The Kier molecular flexibility index (Phi) is 4.53. The summed E-state index contributed by atoms with van der Waals surface area (Å²) >= 11 is 5.74. The number of nitrogens with zero attached hydrogens (tertiary/aromatic N) is 2. The summed E-state index contributed by atoms with van der Waals surface area (Å²) < 4.78 is 23.1. The van der Waals surface area contributed by atoms with E-state index in [4.69, 9.17) is 13.0 Å². The molecule has 1 aliphatic heterocycles. The Morgan fingerprint density at radius 3 is 3.00 bits per heavy atom. The van der Waals surface area contributed by atoms with Crippen LogP contribution in [0, 0.1) is 5.82 Å². The van der Waals surface area contributed by atoms with Crippen LogP contribution in [0.25, 0.3) is 6.08 Å². The Morgan fingerprint density at radius 2 is 2.36 bits per heavy atom. The summed E-state index contributed by atoms with van der Waals surface area (Å²) in [6, 6.07) is -1.66. The van der Waals surface area contributed by atoms with Crippen LogP contribution in [-0.2, 0) is 4.79 Å². The highest BCUT2D eigenvalue weighted by Gasteiger charge is 2.33. The predicted molar refractivity (Wildman–Crippen MR) is 85.3 cm³/mol. The molecule has 2 rings (SSSR count). The molecule has 0 aromatic carbocycles. The minimum absolute atomic E-state index is 0.141. The molecule has 1 unspecified atom stereocenters. The van der Waals surface area contributed by atoms with Crippen LogP contribution in [0.3, 0.4) is 0 Å². The molecular weight excluding hydrogens is 307 g/mol. The van der Waals surface area contributed by atoms with Crippen molar-refractivity contribution >= 4 is 29.3 Å². The van der Waals surface area contributed by atoms with Gasteiger partial charge in [-0.25, -0.2) is 9.37 Å². The van der Waals surface area contributed by atoms with Gasteiger partial charge in [-0.05, 0) is 18.9 Å². The van der Waals surface area contributed by atoms with Crippen molar-refractivity contribution in [3.05, 3.63) is 53.8 Å². The summed E-state index contributed by atoms with van der Waals surface area (Å²) in [4.78, 5) is 17.1. The van der Waals surface area contributed by atoms with Crippen molar-refractivity contribution in [2.24, 2.45) is 0 Å². The first-order chi connectivity index (χ1) is 10.8. The minimum Gasteiger partial charge on any atom is -0.512 e. The standard InChI is InChI=1S/C16H16ClFN2O2/c1-3-5-6-11-7-12(21)8-13(22)20(11)15-10(4-2)9-19-16(17)14(15)18/h3-4,7,9,11,21H,1-2,5-6,8H2/i11D. The van der Waals surface area contributed by atoms with Crippen LogP contribution < -0.4 is 4.90 Å². The van der Waals surface area contributed by atoms with Crippen LogP contribution in [-0.4, -0.2) is 22.0 Å². The maximum Gasteiger partial charge on any atom is 0.235 e. The van der Waals surface area contributed by atoms with Crippen LogP contribution >= 0.6 is 11.6 Å². The number of halogens is 2. The number of hydrogen-bond donors (Lipinski definition) is 1. The number of carbonyl (C=O) groups excluding carboxylic acids is 1. The number of aliphatic hydroxyl groups is 1. The molecule has 4 nitrogen and oxygen atoms in total. The molecule has 1 atom stereocenters. The SMILES string of the molecule is [2H]C1(CCC=C)C=C(O)CC(=O)N1c1c(C=C)cnc(Cl)c1F. The van der Waals surface area contributed by atoms with Crippen molar-refractivity contribution in [1.82, 2.24) is 4.98 Å². The zero-order valence-electron chi connectivity index (χ0n) is 12.9. The van der Waals surface area contributed by atoms with E-state index < -0.39 is 22.9 Å². The summed E-state index contributed by atoms with van der Waals surface area (Å²) in [5.74, 6) is -1.72. The number of allylic oxidation sites excluding steroid dienone is 1. The van der Waals surface area contributed by atoms with Crippen molar-refractivity contribution in [2.45, 2.75) is 25.3 Å². The highest BCUT2D eigenvalue weighted by molar-refractivity contribution is 6.30. The fourth-order valence-electron chi connectivity index (χ4n) is 2.25. The first kappa shape index (κ1) is 14.8. The summed E-state index contributed by atoms with van der Waals surface area (Å²) in [6.07, 6.45) is 5.67. The minimum atomic E-state index is -1.66. The number of aliphatic hydroxyl groups excluding tert-OH is 1. The average molecular weight is 324 g/mol. The number of anilines is 1. The predicted octanol–water partition coefficient (Wildman–Crippen LogP) is 4.03. The molecule has 0 aliphatic carbocycles. The van der Waals surface area contributed by atoms with Crippen molar-refractivity contribution in [2.75, 3.05) is 4.90 Å². The molecule has 2 heterocycles. The van der Waals surface area contributed by atoms with E-state index >= 15 is 0 Å². The molecule has 0 spiro atoms. The summed E-state index contributed by atoms with van der Waals surface area (Å²) in [5, 5.41) is 9.35. The smallest absolute Gasteiger partial charge is 0.235 e. The van der Waals surface area contributed by atoms with Crippen molar-refractivity contribution in [3.8, 4) is 0 Å². The second-order valence-corrected chi connectivity index (χ2v) is 5.09. The van der Waals surface area contributed by atoms with Gasteiger partial charge in [-0.1, -0.05) is 30.3 Å². The molecule has 6 heteroatoms. The number of pyridine rings is 1. The molecule has 0 radical (unpaired) electrons. The average Bonchev–Trinajstić information content (AvgIpc) is 2.49. The fraction of sp³-hybridized carbons (Fsp3) is 0.250. The van der Waals surface area contributed by atoms with Crippen LogP contribution in [0.2, 0.25) is 5.15 Å². The van der Waals surface area contributed by atoms with Crippen LogP contribution in [0.1, 0.15) is 26.2 Å². The molecule has 0 saturated carbocycles. The monoisotopic (exact) mass is 323 g/mol. The van der Waals surface area contributed by atoms with Crippen molar-refractivity contribution < 1.29 is 15.7 Å². The largest absolute Gasteiger partial charge is 0.512 e. The topological polar surface area (TPSA) is 53.4 Å². The fourth-order valence-corrected chi connectivity index (χ4v) is 2.39. The first-order valence-electron chi connectivity index (χ1n) is 7.15. The van der Waals surface area contributed by atoms with Gasteiger partial charge < -0.3 is 10.0 Å². The Hall–Kier alpha value is -2.14. The third-order valence-electron chi connectivity index (χ3n) is 3.23. The van der Waals surface area contributed by atoms with Gasteiger partial charge in [0.1, 0.15) is 0 Å². The second-order valence-electron chi connectivity index (χ2n) is 4.73. The number of carbonyl (C=O) groups is 1. The van der Waals surface area contributed by atoms with Crippen LogP contribution in [0.4, 0.5) is 10.1 Å². The lowest BCUT2D eigenvalue weighted by Gasteiger charge is -2.34. The van der Waals surface area contributed by atoms with Crippen molar-refractivity contribution in [3.63, 3.8) is 0 Å². The molecule has 0 bridgehead atoms. The number of hydrogen-bond acceptors (Lipinski definition) is 3. The van der Waals surface area contributed by atoms with Gasteiger partial charge in [-0.15, -0.1) is 6.58 Å². The second kappa shape index (κ2) is 6.75. The summed E-state index contributed by atoms with van der Waals surface area (Å²) in [7, 11) is 0. The molecule has 1 aromatic heterocycles. The Morgan fingerprint density at radius 1 is 1.64 bits per heavy atom. The van der Waals surface area contributed by atoms with E-state index in [1.54, 1.807) is 6.08 Å². The highest BCUT2D eigenvalue weighted by Crippen LogP contribution is 2.34. The molecule has 116 valence electrons. The molecule has 1 aliphatic rings. The number of amides is 1. The first-order valence-corrected chi connectivity index (χ1v) is 7.03. The van der Waals surface area contributed by atoms with Crippen LogP contribution in [0.5, 0.6) is 0 Å². The lowest BCUT2D eigenvalue weighted by Crippen LogP contribution is -2.43. The van der Waals surface area contributed by atoms with Gasteiger partial charge in [-0.2, -0.15) is 0 Å². The molecule has 0 saturated heterocycles. The molecule has 1 amide bonds. The van der Waals surface area contributed by atoms with Gasteiger partial charge in [0, 0.05) is 11.8 Å². The van der Waals surface area contributed by atoms with E-state index in [0.717, 1.165) is 4.90 Å². The Bertz CT molecular complexity index is 708. The summed E-state index contributed by atoms with van der Waals surface area (Å²) in [6.45, 7) is 7.16. The van der Waals surface area contributed by atoms with Gasteiger partial charge in [-0.3, -0.25) is 4.79 Å². The van der Waals surface area contributed by atoms with E-state index in [2.05, 4.69) is 18.1 Å². The van der Waals surface area contributed by atoms with E-state index in [-0.39, 0.29) is 29.9 Å². The van der Waals surface area contributed by atoms with Gasteiger partial charge in [0.05, 0.1) is 25.3 Å². The zero-order chi connectivity index (χ0) is 17.2. The van der Waals surface area contributed by atoms with Crippen LogP contribution in [0.15, 0.2) is 37.3 Å². The molecular formula is C16H16ClFN2O2.